The molecule has 1 fully saturated rings. The van der Waals surface area contributed by atoms with Crippen LogP contribution >= 0.6 is 0 Å². The molecule has 0 radical (unpaired) electrons. The second kappa shape index (κ2) is 9.45. The lowest BCUT2D eigenvalue weighted by Crippen LogP contribution is -2.40. The molecule has 7 heteroatoms. The van der Waals surface area contributed by atoms with Gasteiger partial charge < -0.3 is 15.6 Å². The van der Waals surface area contributed by atoms with Gasteiger partial charge in [-0.1, -0.05) is 19.9 Å². The molecule has 1 saturated heterocycles. The van der Waals surface area contributed by atoms with Crippen LogP contribution in [0.5, 0.6) is 0 Å². The van der Waals surface area contributed by atoms with Gasteiger partial charge in [-0.2, -0.15) is 0 Å². The van der Waals surface area contributed by atoms with Crippen molar-refractivity contribution in [2.45, 2.75) is 38.5 Å². The van der Waals surface area contributed by atoms with E-state index in [-0.39, 0.29) is 5.91 Å². The molecule has 3 heterocycles. The molecule has 0 bridgehead atoms. The van der Waals surface area contributed by atoms with Gasteiger partial charge in [0.25, 0.3) is 0 Å². The number of carbonyl (C=O) groups excluding carboxylic acids is 1. The van der Waals surface area contributed by atoms with Crippen LogP contribution in [0.2, 0.25) is 0 Å². The number of likely N-dealkylation sites (tertiary alicyclic amines) is 1. The summed E-state index contributed by atoms with van der Waals surface area (Å²) in [7, 11) is 3.64. The molecule has 2 aliphatic rings. The summed E-state index contributed by atoms with van der Waals surface area (Å²) in [5.74, 6) is 7.03. The van der Waals surface area contributed by atoms with Crippen LogP contribution in [-0.4, -0.2) is 59.4 Å². The van der Waals surface area contributed by atoms with Crippen molar-refractivity contribution < 1.29 is 4.79 Å². The van der Waals surface area contributed by atoms with E-state index in [1.165, 1.54) is 27.7 Å². The minimum atomic E-state index is 0.174. The largest absolute Gasteiger partial charge is 0.403 e. The second-order valence-corrected chi connectivity index (χ2v) is 9.63. The van der Waals surface area contributed by atoms with Crippen LogP contribution in [-0.2, 0) is 4.79 Å². The Bertz CT molecular complexity index is 1120. The molecule has 1 aromatic heterocycles. The maximum Gasteiger partial charge on any atom is 0.236 e. The number of benzene rings is 1. The first-order valence-corrected chi connectivity index (χ1v) is 11.7. The number of allylic oxidation sites excluding steroid dienone is 3. The molecule has 0 atom stereocenters. The summed E-state index contributed by atoms with van der Waals surface area (Å²) in [5.41, 5.74) is 12.6. The van der Waals surface area contributed by atoms with Gasteiger partial charge in [-0.3, -0.25) is 14.7 Å². The lowest BCUT2D eigenvalue weighted by Gasteiger charge is -2.32. The minimum Gasteiger partial charge on any atom is -0.403 e. The molecule has 5 N–H and O–H groups in total. The SMILES string of the molecule is CC(C)c1c(C2=C/C(=C/N)N(N)C=C2)[nH]c2ccc(C3CCN(CC(=O)N(C)C)CC3)cc12. The molecule has 2 aliphatic heterocycles. The summed E-state index contributed by atoms with van der Waals surface area (Å²) in [5, 5.41) is 2.81. The molecule has 1 aromatic carbocycles. The number of aromatic nitrogens is 1. The fraction of sp³-hybridized carbons (Fsp3) is 0.423. The van der Waals surface area contributed by atoms with Crippen molar-refractivity contribution in [1.29, 1.82) is 0 Å². The fourth-order valence-electron chi connectivity index (χ4n) is 4.89. The average molecular weight is 449 g/mol. The normalized spacial score (nSPS) is 19.0. The highest BCUT2D eigenvalue weighted by Gasteiger charge is 2.24. The van der Waals surface area contributed by atoms with E-state index >= 15 is 0 Å². The fourth-order valence-corrected chi connectivity index (χ4v) is 4.89. The summed E-state index contributed by atoms with van der Waals surface area (Å²) in [6.45, 7) is 6.90. The number of hydrogen-bond acceptors (Lipinski definition) is 5. The molecule has 1 amide bonds. The zero-order valence-electron chi connectivity index (χ0n) is 20.1. The second-order valence-electron chi connectivity index (χ2n) is 9.63. The highest BCUT2D eigenvalue weighted by atomic mass is 16.2. The Hall–Kier alpha value is -3.03. The number of likely N-dealkylation sites (N-methyl/N-ethyl adjacent to an activating group) is 1. The van der Waals surface area contributed by atoms with Crippen LogP contribution in [0.25, 0.3) is 16.5 Å². The molecule has 33 heavy (non-hydrogen) atoms. The Morgan fingerprint density at radius 1 is 1.27 bits per heavy atom. The number of hydrazine groups is 1. The number of H-pyrrole nitrogens is 1. The predicted molar refractivity (Wildman–Crippen MR) is 135 cm³/mol. The van der Waals surface area contributed by atoms with E-state index < -0.39 is 0 Å². The predicted octanol–water partition coefficient (Wildman–Crippen LogP) is 3.45. The van der Waals surface area contributed by atoms with Gasteiger partial charge in [0.1, 0.15) is 0 Å². The molecule has 7 nitrogen and oxygen atoms in total. The molecule has 2 aromatic rings. The molecule has 0 saturated carbocycles. The summed E-state index contributed by atoms with van der Waals surface area (Å²) >= 11 is 0. The van der Waals surface area contributed by atoms with Crippen molar-refractivity contribution >= 4 is 22.4 Å². The van der Waals surface area contributed by atoms with Crippen LogP contribution in [0.4, 0.5) is 0 Å². The highest BCUT2D eigenvalue weighted by molar-refractivity contribution is 5.92. The van der Waals surface area contributed by atoms with E-state index in [1.54, 1.807) is 4.90 Å². The monoisotopic (exact) mass is 448 g/mol. The smallest absolute Gasteiger partial charge is 0.236 e. The topological polar surface area (TPSA) is 94.6 Å². The number of aromatic amines is 1. The lowest BCUT2D eigenvalue weighted by molar-refractivity contribution is -0.130. The van der Waals surface area contributed by atoms with Crippen molar-refractivity contribution in [2.24, 2.45) is 11.6 Å². The Kier molecular flexibility index (Phi) is 6.63. The average Bonchev–Trinajstić information content (AvgIpc) is 3.19. The van der Waals surface area contributed by atoms with Gasteiger partial charge in [0.2, 0.25) is 5.91 Å². The van der Waals surface area contributed by atoms with Crippen molar-refractivity contribution in [2.75, 3.05) is 33.7 Å². The third-order valence-corrected chi connectivity index (χ3v) is 6.83. The minimum absolute atomic E-state index is 0.174. The summed E-state index contributed by atoms with van der Waals surface area (Å²) in [6.07, 6.45) is 9.55. The molecule has 4 rings (SSSR count). The first kappa shape index (κ1) is 23.1. The van der Waals surface area contributed by atoms with E-state index in [0.717, 1.165) is 48.4 Å². The standard InChI is InChI=1S/C26H36N6O/c1-17(2)25-22-14-19(18-7-10-31(11-8-18)16-24(33)30(3)4)5-6-23(22)29-26(25)20-9-12-32(28)21(13-20)15-27/h5-6,9,12-15,17-18,29H,7-8,10-11,16,27-28H2,1-4H3/b21-15-. The summed E-state index contributed by atoms with van der Waals surface area (Å²) < 4.78 is 0. The Balaban J connectivity index is 1.60. The zero-order chi connectivity index (χ0) is 23.7. The van der Waals surface area contributed by atoms with Crippen LogP contribution in [0.1, 0.15) is 55.3 Å². The number of amides is 1. The molecular weight excluding hydrogens is 412 g/mol. The van der Waals surface area contributed by atoms with Crippen molar-refractivity contribution in [3.8, 4) is 0 Å². The number of carbonyl (C=O) groups is 1. The van der Waals surface area contributed by atoms with E-state index in [9.17, 15) is 4.79 Å². The Morgan fingerprint density at radius 3 is 2.64 bits per heavy atom. The van der Waals surface area contributed by atoms with E-state index in [0.29, 0.717) is 18.4 Å². The van der Waals surface area contributed by atoms with Crippen LogP contribution in [0, 0.1) is 0 Å². The van der Waals surface area contributed by atoms with Gasteiger partial charge in [0.15, 0.2) is 0 Å². The number of piperidine rings is 1. The highest BCUT2D eigenvalue weighted by Crippen LogP contribution is 2.38. The van der Waals surface area contributed by atoms with Crippen LogP contribution in [0.15, 0.2) is 48.4 Å². The van der Waals surface area contributed by atoms with Gasteiger partial charge >= 0.3 is 0 Å². The number of nitrogens with one attached hydrogen (secondary N) is 1. The molecule has 0 spiro atoms. The van der Waals surface area contributed by atoms with E-state index in [2.05, 4.69) is 41.9 Å². The summed E-state index contributed by atoms with van der Waals surface area (Å²) in [6, 6.07) is 6.85. The van der Waals surface area contributed by atoms with Crippen LogP contribution < -0.4 is 11.6 Å². The van der Waals surface area contributed by atoms with Gasteiger partial charge in [-0.05, 0) is 73.2 Å². The van der Waals surface area contributed by atoms with Gasteiger partial charge in [0, 0.05) is 43.0 Å². The van der Waals surface area contributed by atoms with Gasteiger partial charge in [-0.15, -0.1) is 0 Å². The van der Waals surface area contributed by atoms with Crippen molar-refractivity contribution in [3.63, 3.8) is 0 Å². The first-order valence-electron chi connectivity index (χ1n) is 11.7. The number of nitrogens with two attached hydrogens (primary N) is 2. The third-order valence-electron chi connectivity index (χ3n) is 6.83. The molecule has 0 aliphatic carbocycles. The number of hydrogen-bond donors (Lipinski definition) is 3. The summed E-state index contributed by atoms with van der Waals surface area (Å²) in [4.78, 5) is 19.6. The van der Waals surface area contributed by atoms with Crippen molar-refractivity contribution in [1.82, 2.24) is 19.8 Å². The van der Waals surface area contributed by atoms with E-state index in [4.69, 9.17) is 11.6 Å². The van der Waals surface area contributed by atoms with E-state index in [1.807, 2.05) is 32.4 Å². The van der Waals surface area contributed by atoms with Gasteiger partial charge in [0.05, 0.1) is 17.9 Å². The Labute approximate surface area is 196 Å². The molecular formula is C26H36N6O. The maximum absolute atomic E-state index is 12.1. The first-order chi connectivity index (χ1) is 15.8. The number of rotatable bonds is 5. The third kappa shape index (κ3) is 4.70. The maximum atomic E-state index is 12.1. The Morgan fingerprint density at radius 2 is 2.00 bits per heavy atom. The quantitative estimate of drug-likeness (QED) is 0.609. The zero-order valence-corrected chi connectivity index (χ0v) is 20.1. The van der Waals surface area contributed by atoms with Crippen molar-refractivity contribution in [3.05, 3.63) is 65.3 Å². The number of nitrogens with zero attached hydrogens (tertiary/aromatic N) is 3. The molecule has 0 unspecified atom stereocenters. The van der Waals surface area contributed by atoms with Crippen LogP contribution in [0.3, 0.4) is 0 Å². The number of fused-ring (bicyclic) bond motifs is 1. The lowest BCUT2D eigenvalue weighted by atomic mass is 9.87. The molecule has 176 valence electrons. The van der Waals surface area contributed by atoms with Gasteiger partial charge in [-0.25, -0.2) is 5.84 Å².